The molecule has 1 saturated heterocycles. The lowest BCUT2D eigenvalue weighted by atomic mass is 10.1. The molecule has 0 bridgehead atoms. The summed E-state index contributed by atoms with van der Waals surface area (Å²) in [4.78, 5) is 22.7. The number of sulfone groups is 1. The van der Waals surface area contributed by atoms with Crippen molar-refractivity contribution in [1.29, 1.82) is 0 Å². The first kappa shape index (κ1) is 19.3. The van der Waals surface area contributed by atoms with E-state index in [9.17, 15) is 13.2 Å². The Labute approximate surface area is 159 Å². The van der Waals surface area contributed by atoms with Gasteiger partial charge in [0.15, 0.2) is 9.84 Å². The molecule has 0 aliphatic carbocycles. The van der Waals surface area contributed by atoms with Crippen LogP contribution in [0.5, 0.6) is 0 Å². The summed E-state index contributed by atoms with van der Waals surface area (Å²) in [5, 5.41) is 2.86. The lowest BCUT2D eigenvalue weighted by molar-refractivity contribution is 0.0953. The van der Waals surface area contributed by atoms with Crippen molar-refractivity contribution in [3.63, 3.8) is 0 Å². The second-order valence-electron chi connectivity index (χ2n) is 6.61. The molecule has 0 radical (unpaired) electrons. The average Bonchev–Trinajstić information content (AvgIpc) is 3.03. The van der Waals surface area contributed by atoms with Crippen molar-refractivity contribution in [2.75, 3.05) is 29.5 Å². The largest absolute Gasteiger partial charge is 0.352 e. The maximum absolute atomic E-state index is 12.2. The normalized spacial score (nSPS) is 18.2. The third kappa shape index (κ3) is 5.03. The number of amides is 1. The summed E-state index contributed by atoms with van der Waals surface area (Å²) in [6.07, 6.45) is 4.32. The van der Waals surface area contributed by atoms with Crippen molar-refractivity contribution in [1.82, 2.24) is 15.3 Å². The average molecular weight is 388 g/mol. The van der Waals surface area contributed by atoms with E-state index in [2.05, 4.69) is 15.3 Å². The maximum Gasteiger partial charge on any atom is 0.254 e. The SMILES string of the molecule is CCN(c1ncc(C(=O)NCCc2ccccc2)cn1)C1CCS(=O)(=O)C1. The van der Waals surface area contributed by atoms with Crippen LogP contribution >= 0.6 is 0 Å². The van der Waals surface area contributed by atoms with Gasteiger partial charge in [-0.05, 0) is 25.3 Å². The maximum atomic E-state index is 12.2. The van der Waals surface area contributed by atoms with Gasteiger partial charge >= 0.3 is 0 Å². The molecular formula is C19H24N4O3S. The van der Waals surface area contributed by atoms with Gasteiger partial charge in [-0.25, -0.2) is 18.4 Å². The zero-order valence-corrected chi connectivity index (χ0v) is 16.2. The molecular weight excluding hydrogens is 364 g/mol. The number of benzene rings is 1. The summed E-state index contributed by atoms with van der Waals surface area (Å²) in [5.74, 6) is 0.576. The molecule has 1 aliphatic rings. The first-order chi connectivity index (χ1) is 13.0. The van der Waals surface area contributed by atoms with E-state index in [1.807, 2.05) is 42.2 Å². The van der Waals surface area contributed by atoms with Crippen molar-refractivity contribution in [2.24, 2.45) is 0 Å². The van der Waals surface area contributed by atoms with Crippen LogP contribution in [0.3, 0.4) is 0 Å². The molecule has 1 aromatic heterocycles. The summed E-state index contributed by atoms with van der Waals surface area (Å²) < 4.78 is 23.4. The number of aromatic nitrogens is 2. The van der Waals surface area contributed by atoms with E-state index in [1.54, 1.807) is 0 Å². The van der Waals surface area contributed by atoms with Crippen molar-refractivity contribution < 1.29 is 13.2 Å². The second-order valence-corrected chi connectivity index (χ2v) is 8.83. The van der Waals surface area contributed by atoms with Crippen LogP contribution < -0.4 is 10.2 Å². The molecule has 7 nitrogen and oxygen atoms in total. The van der Waals surface area contributed by atoms with Crippen LogP contribution in [-0.2, 0) is 16.3 Å². The van der Waals surface area contributed by atoms with E-state index in [0.717, 1.165) is 12.0 Å². The Morgan fingerprint density at radius 3 is 2.52 bits per heavy atom. The van der Waals surface area contributed by atoms with Gasteiger partial charge in [0, 0.05) is 31.5 Å². The molecule has 144 valence electrons. The highest BCUT2D eigenvalue weighted by Gasteiger charge is 2.32. The summed E-state index contributed by atoms with van der Waals surface area (Å²) in [7, 11) is -2.97. The summed E-state index contributed by atoms with van der Waals surface area (Å²) in [6, 6.07) is 9.84. The second kappa shape index (κ2) is 8.47. The minimum absolute atomic E-state index is 0.106. The van der Waals surface area contributed by atoms with E-state index in [-0.39, 0.29) is 23.5 Å². The molecule has 1 amide bonds. The molecule has 1 N–H and O–H groups in total. The lowest BCUT2D eigenvalue weighted by Crippen LogP contribution is -2.37. The zero-order valence-electron chi connectivity index (χ0n) is 15.3. The van der Waals surface area contributed by atoms with Crippen LogP contribution in [0.2, 0.25) is 0 Å². The number of hydrogen-bond acceptors (Lipinski definition) is 6. The zero-order chi connectivity index (χ0) is 19.3. The topological polar surface area (TPSA) is 92.3 Å². The fourth-order valence-electron chi connectivity index (χ4n) is 3.24. The molecule has 1 aromatic carbocycles. The van der Waals surface area contributed by atoms with Crippen molar-refractivity contribution in [3.05, 3.63) is 53.9 Å². The fourth-order valence-corrected chi connectivity index (χ4v) is 4.97. The van der Waals surface area contributed by atoms with Gasteiger partial charge in [0.05, 0.1) is 17.1 Å². The number of carbonyl (C=O) groups is 1. The number of nitrogens with zero attached hydrogens (tertiary/aromatic N) is 3. The van der Waals surface area contributed by atoms with Crippen molar-refractivity contribution >= 4 is 21.7 Å². The number of rotatable bonds is 7. The molecule has 0 spiro atoms. The Morgan fingerprint density at radius 1 is 1.22 bits per heavy atom. The van der Waals surface area contributed by atoms with Crippen LogP contribution in [-0.4, -0.2) is 54.9 Å². The Hall–Kier alpha value is -2.48. The predicted molar refractivity (Wildman–Crippen MR) is 105 cm³/mol. The Bertz CT molecular complexity index is 870. The first-order valence-electron chi connectivity index (χ1n) is 9.10. The van der Waals surface area contributed by atoms with Crippen molar-refractivity contribution in [2.45, 2.75) is 25.8 Å². The van der Waals surface area contributed by atoms with E-state index >= 15 is 0 Å². The molecule has 1 atom stereocenters. The number of anilines is 1. The molecule has 3 rings (SSSR count). The number of hydrogen-bond donors (Lipinski definition) is 1. The van der Waals surface area contributed by atoms with Gasteiger partial charge in [0.2, 0.25) is 5.95 Å². The standard InChI is InChI=1S/C19H24N4O3S/c1-2-23(17-9-11-27(25,26)14-17)19-21-12-16(13-22-19)18(24)20-10-8-15-6-4-3-5-7-15/h3-7,12-13,17H,2,8-11,14H2,1H3,(H,20,24). The summed E-state index contributed by atoms with van der Waals surface area (Å²) in [6.45, 7) is 3.09. The van der Waals surface area contributed by atoms with Crippen LogP contribution in [0.1, 0.15) is 29.3 Å². The highest BCUT2D eigenvalue weighted by atomic mass is 32.2. The Morgan fingerprint density at radius 2 is 1.93 bits per heavy atom. The summed E-state index contributed by atoms with van der Waals surface area (Å²) in [5.41, 5.74) is 1.55. The van der Waals surface area contributed by atoms with Gasteiger partial charge < -0.3 is 10.2 Å². The third-order valence-corrected chi connectivity index (χ3v) is 6.44. The van der Waals surface area contributed by atoms with Crippen molar-refractivity contribution in [3.8, 4) is 0 Å². The lowest BCUT2D eigenvalue weighted by Gasteiger charge is -2.26. The van der Waals surface area contributed by atoms with Gasteiger partial charge in [-0.1, -0.05) is 30.3 Å². The third-order valence-electron chi connectivity index (χ3n) is 4.69. The van der Waals surface area contributed by atoms with Crippen LogP contribution in [0, 0.1) is 0 Å². The monoisotopic (exact) mass is 388 g/mol. The molecule has 27 heavy (non-hydrogen) atoms. The molecule has 0 saturated carbocycles. The van der Waals surface area contributed by atoms with Gasteiger partial charge in [0.25, 0.3) is 5.91 Å². The molecule has 1 unspecified atom stereocenters. The minimum atomic E-state index is -2.97. The van der Waals surface area contributed by atoms with Gasteiger partial charge in [-0.2, -0.15) is 0 Å². The Kier molecular flexibility index (Phi) is 6.05. The van der Waals surface area contributed by atoms with Crippen LogP contribution in [0.25, 0.3) is 0 Å². The molecule has 8 heteroatoms. The molecule has 1 aliphatic heterocycles. The van der Waals surface area contributed by atoms with E-state index < -0.39 is 9.84 Å². The van der Waals surface area contributed by atoms with Gasteiger partial charge in [0.1, 0.15) is 0 Å². The van der Waals surface area contributed by atoms with E-state index in [4.69, 9.17) is 0 Å². The van der Waals surface area contributed by atoms with Crippen LogP contribution in [0.15, 0.2) is 42.7 Å². The van der Waals surface area contributed by atoms with Crippen LogP contribution in [0.4, 0.5) is 5.95 Å². The van der Waals surface area contributed by atoms with E-state index in [1.165, 1.54) is 12.4 Å². The van der Waals surface area contributed by atoms with E-state index in [0.29, 0.717) is 31.0 Å². The first-order valence-corrected chi connectivity index (χ1v) is 10.9. The highest BCUT2D eigenvalue weighted by Crippen LogP contribution is 2.21. The molecule has 2 heterocycles. The molecule has 2 aromatic rings. The number of carbonyl (C=O) groups excluding carboxylic acids is 1. The van der Waals surface area contributed by atoms with Gasteiger partial charge in [-0.3, -0.25) is 4.79 Å². The Balaban J connectivity index is 1.58. The number of nitrogens with one attached hydrogen (secondary N) is 1. The smallest absolute Gasteiger partial charge is 0.254 e. The van der Waals surface area contributed by atoms with Gasteiger partial charge in [-0.15, -0.1) is 0 Å². The highest BCUT2D eigenvalue weighted by molar-refractivity contribution is 7.91. The quantitative estimate of drug-likeness (QED) is 0.772. The molecule has 1 fully saturated rings. The predicted octanol–water partition coefficient (Wildman–Crippen LogP) is 1.46. The minimum Gasteiger partial charge on any atom is -0.352 e. The fraction of sp³-hybridized carbons (Fsp3) is 0.421. The summed E-state index contributed by atoms with van der Waals surface area (Å²) >= 11 is 0.